The Labute approximate surface area is 98.6 Å². The number of hydrogen-bond acceptors (Lipinski definition) is 3. The topological polar surface area (TPSA) is 56.2 Å². The number of rotatable bonds is 0. The van der Waals surface area contributed by atoms with Crippen molar-refractivity contribution < 1.29 is 0 Å². The average Bonchev–Trinajstić information content (AvgIpc) is 2.29. The lowest BCUT2D eigenvalue weighted by Crippen LogP contribution is -2.35. The van der Waals surface area contributed by atoms with Gasteiger partial charge in [0.15, 0.2) is 5.82 Å². The highest BCUT2D eigenvalue weighted by Crippen LogP contribution is 2.39. The van der Waals surface area contributed by atoms with Crippen molar-refractivity contribution in [2.75, 3.05) is 0 Å². The van der Waals surface area contributed by atoms with Crippen LogP contribution in [0.15, 0.2) is 11.3 Å². The summed E-state index contributed by atoms with van der Waals surface area (Å²) < 4.78 is 1.73. The number of alkyl halides is 1. The van der Waals surface area contributed by atoms with E-state index >= 15 is 0 Å². The fourth-order valence-corrected chi connectivity index (χ4v) is 2.79. The Hall–Kier alpha value is 0.150. The Kier molecular flexibility index (Phi) is 2.30. The molecule has 1 aromatic rings. The fourth-order valence-electron chi connectivity index (χ4n) is 1.22. The van der Waals surface area contributed by atoms with Gasteiger partial charge in [-0.1, -0.05) is 23.2 Å². The first-order valence-corrected chi connectivity index (χ1v) is 5.17. The molecular weight excluding hydrogens is 326 g/mol. The molecule has 0 amide bonds. The minimum Gasteiger partial charge on any atom is -0.307 e. The monoisotopic (exact) mass is 330 g/mol. The van der Waals surface area contributed by atoms with E-state index in [9.17, 15) is 0 Å². The van der Waals surface area contributed by atoms with E-state index in [-0.39, 0.29) is 0 Å². The van der Waals surface area contributed by atoms with Gasteiger partial charge in [-0.15, -0.1) is 0 Å². The number of hydrogen-bond donors (Lipinski definition) is 1. The molecule has 2 rings (SSSR count). The summed E-state index contributed by atoms with van der Waals surface area (Å²) in [7, 11) is 0. The second-order valence-electron chi connectivity index (χ2n) is 2.76. The van der Waals surface area contributed by atoms with Crippen molar-refractivity contribution in [1.82, 2.24) is 7.76 Å². The second kappa shape index (κ2) is 3.08. The summed E-state index contributed by atoms with van der Waals surface area (Å²) in [6, 6.07) is 0. The SMILES string of the molecule is NC1(Cl)CC(Cl)=Nc2ncn(I)c21. The quantitative estimate of drug-likeness (QED) is 0.450. The van der Waals surface area contributed by atoms with Crippen LogP contribution < -0.4 is 5.73 Å². The van der Waals surface area contributed by atoms with E-state index in [2.05, 4.69) is 9.98 Å². The van der Waals surface area contributed by atoms with Gasteiger partial charge in [0.25, 0.3) is 0 Å². The van der Waals surface area contributed by atoms with Crippen molar-refractivity contribution in [3.05, 3.63) is 12.0 Å². The molecule has 7 heteroatoms. The van der Waals surface area contributed by atoms with Gasteiger partial charge >= 0.3 is 0 Å². The third-order valence-corrected chi connectivity index (χ3v) is 2.99. The Balaban J connectivity index is 2.65. The van der Waals surface area contributed by atoms with Crippen LogP contribution in [0, 0.1) is 0 Å². The molecule has 1 aliphatic rings. The van der Waals surface area contributed by atoms with Crippen molar-refractivity contribution >= 4 is 57.1 Å². The first-order chi connectivity index (χ1) is 6.00. The smallest absolute Gasteiger partial charge is 0.178 e. The molecule has 1 aromatic heterocycles. The summed E-state index contributed by atoms with van der Waals surface area (Å²) in [4.78, 5) is 7.07. The molecule has 0 aromatic carbocycles. The molecular formula is C6H5Cl2IN4. The molecule has 1 unspecified atom stereocenters. The number of aromatic nitrogens is 2. The molecule has 0 spiro atoms. The van der Waals surface area contributed by atoms with E-state index in [1.807, 2.05) is 22.9 Å². The van der Waals surface area contributed by atoms with Crippen LogP contribution in [0.2, 0.25) is 0 Å². The zero-order chi connectivity index (χ0) is 9.64. The van der Waals surface area contributed by atoms with Gasteiger partial charge in [0.1, 0.15) is 22.2 Å². The lowest BCUT2D eigenvalue weighted by Gasteiger charge is -2.24. The standard InChI is InChI=1S/C6H5Cl2IN4/c7-3-1-6(8,10)4-5(12-3)11-2-13(4)9/h2H,1,10H2. The van der Waals surface area contributed by atoms with Crippen molar-refractivity contribution in [2.24, 2.45) is 10.7 Å². The number of imidazole rings is 1. The molecule has 0 saturated heterocycles. The van der Waals surface area contributed by atoms with E-state index in [1.54, 1.807) is 9.11 Å². The van der Waals surface area contributed by atoms with Gasteiger partial charge in [0.05, 0.1) is 22.9 Å². The molecule has 1 atom stereocenters. The van der Waals surface area contributed by atoms with Crippen LogP contribution in [-0.2, 0) is 5.00 Å². The molecule has 70 valence electrons. The van der Waals surface area contributed by atoms with Crippen molar-refractivity contribution in [2.45, 2.75) is 11.4 Å². The minimum atomic E-state index is -0.994. The second-order valence-corrected chi connectivity index (χ2v) is 4.91. The van der Waals surface area contributed by atoms with E-state index in [0.717, 1.165) is 0 Å². The lowest BCUT2D eigenvalue weighted by molar-refractivity contribution is 0.644. The summed E-state index contributed by atoms with van der Waals surface area (Å²) in [5.41, 5.74) is 6.55. The van der Waals surface area contributed by atoms with Crippen LogP contribution in [0.4, 0.5) is 5.82 Å². The lowest BCUT2D eigenvalue weighted by atomic mass is 10.1. The maximum Gasteiger partial charge on any atom is 0.178 e. The molecule has 0 aliphatic carbocycles. The highest BCUT2D eigenvalue weighted by molar-refractivity contribution is 14.1. The first kappa shape index (κ1) is 9.70. The fraction of sp³-hybridized carbons (Fsp3) is 0.333. The minimum absolute atomic E-state index is 0.331. The zero-order valence-electron chi connectivity index (χ0n) is 6.34. The maximum absolute atomic E-state index is 6.09. The first-order valence-electron chi connectivity index (χ1n) is 3.45. The van der Waals surface area contributed by atoms with Crippen molar-refractivity contribution in [3.63, 3.8) is 0 Å². The zero-order valence-corrected chi connectivity index (χ0v) is 10.0. The predicted molar refractivity (Wildman–Crippen MR) is 60.9 cm³/mol. The summed E-state index contributed by atoms with van der Waals surface area (Å²) >= 11 is 13.9. The summed E-state index contributed by atoms with van der Waals surface area (Å²) in [5.74, 6) is 0.503. The van der Waals surface area contributed by atoms with E-state index in [4.69, 9.17) is 28.9 Å². The van der Waals surface area contributed by atoms with Gasteiger partial charge in [0, 0.05) is 6.42 Å². The van der Waals surface area contributed by atoms with Gasteiger partial charge < -0.3 is 5.73 Å². The molecule has 0 fully saturated rings. The molecule has 0 bridgehead atoms. The number of aliphatic imine (C=N–C) groups is 1. The van der Waals surface area contributed by atoms with Crippen LogP contribution in [-0.4, -0.2) is 12.9 Å². The Bertz CT molecular complexity index is 384. The number of nitrogens with two attached hydrogens (primary N) is 1. The molecule has 2 heterocycles. The van der Waals surface area contributed by atoms with E-state index < -0.39 is 5.00 Å². The molecule has 2 N–H and O–H groups in total. The van der Waals surface area contributed by atoms with Crippen LogP contribution >= 0.6 is 46.1 Å². The largest absolute Gasteiger partial charge is 0.307 e. The van der Waals surface area contributed by atoms with Gasteiger partial charge in [-0.25, -0.2) is 9.98 Å². The summed E-state index contributed by atoms with van der Waals surface area (Å²) in [6.45, 7) is 0. The van der Waals surface area contributed by atoms with Crippen molar-refractivity contribution in [3.8, 4) is 0 Å². The third-order valence-electron chi connectivity index (χ3n) is 1.73. The maximum atomic E-state index is 6.09. The van der Waals surface area contributed by atoms with E-state index in [0.29, 0.717) is 23.1 Å². The van der Waals surface area contributed by atoms with Crippen LogP contribution in [0.5, 0.6) is 0 Å². The highest BCUT2D eigenvalue weighted by Gasteiger charge is 2.36. The Morgan fingerprint density at radius 3 is 3.08 bits per heavy atom. The summed E-state index contributed by atoms with van der Waals surface area (Å²) in [5, 5.41) is 0.389. The van der Waals surface area contributed by atoms with Crippen LogP contribution in [0.25, 0.3) is 0 Å². The van der Waals surface area contributed by atoms with E-state index in [1.165, 1.54) is 0 Å². The Morgan fingerprint density at radius 2 is 2.38 bits per heavy atom. The predicted octanol–water partition coefficient (Wildman–Crippen LogP) is 2.10. The normalized spacial score (nSPS) is 26.9. The number of halogens is 3. The van der Waals surface area contributed by atoms with Gasteiger partial charge in [-0.05, 0) is 0 Å². The number of fused-ring (bicyclic) bond motifs is 1. The number of nitrogens with zero attached hydrogens (tertiary/aromatic N) is 3. The highest BCUT2D eigenvalue weighted by atomic mass is 127. The van der Waals surface area contributed by atoms with Crippen molar-refractivity contribution in [1.29, 1.82) is 0 Å². The average molecular weight is 331 g/mol. The van der Waals surface area contributed by atoms with Gasteiger partial charge in [-0.2, -0.15) is 0 Å². The molecule has 1 aliphatic heterocycles. The Morgan fingerprint density at radius 1 is 1.69 bits per heavy atom. The van der Waals surface area contributed by atoms with Crippen LogP contribution in [0.1, 0.15) is 12.1 Å². The molecule has 0 saturated carbocycles. The molecule has 13 heavy (non-hydrogen) atoms. The van der Waals surface area contributed by atoms with Crippen LogP contribution in [0.3, 0.4) is 0 Å². The third kappa shape index (κ3) is 1.58. The van der Waals surface area contributed by atoms with Gasteiger partial charge in [0.2, 0.25) is 0 Å². The molecule has 0 radical (unpaired) electrons. The summed E-state index contributed by atoms with van der Waals surface area (Å²) in [6.07, 6.45) is 1.94. The van der Waals surface area contributed by atoms with Gasteiger partial charge in [-0.3, -0.25) is 2.78 Å². The molecule has 4 nitrogen and oxygen atoms in total.